The Morgan fingerprint density at radius 2 is 1.38 bits per heavy atom. The van der Waals surface area contributed by atoms with Crippen LogP contribution in [0.3, 0.4) is 0 Å². The van der Waals surface area contributed by atoms with Gasteiger partial charge in [-0.15, -0.1) is 0 Å². The van der Waals surface area contributed by atoms with Gasteiger partial charge in [-0.1, -0.05) is 44.9 Å². The van der Waals surface area contributed by atoms with Crippen LogP contribution in [0.25, 0.3) is 0 Å². The van der Waals surface area contributed by atoms with Crippen LogP contribution in [0, 0.1) is 0 Å². The van der Waals surface area contributed by atoms with E-state index in [1.807, 2.05) is 6.08 Å². The summed E-state index contributed by atoms with van der Waals surface area (Å²) in [7, 11) is 0. The molecule has 0 bridgehead atoms. The lowest BCUT2D eigenvalue weighted by atomic mass is 10.1. The molecule has 124 valence electrons. The van der Waals surface area contributed by atoms with Crippen LogP contribution in [0.15, 0.2) is 12.3 Å². The molecule has 0 aromatic heterocycles. The zero-order valence-corrected chi connectivity index (χ0v) is 12.9. The van der Waals surface area contributed by atoms with Gasteiger partial charge < -0.3 is 4.74 Å². The van der Waals surface area contributed by atoms with Crippen LogP contribution in [0.5, 0.6) is 0 Å². The highest BCUT2D eigenvalue weighted by Crippen LogP contribution is 2.23. The van der Waals surface area contributed by atoms with Crippen LogP contribution in [0.2, 0.25) is 0 Å². The number of carbonyl (C=O) groups is 1. The third kappa shape index (κ3) is 19.0. The van der Waals surface area contributed by atoms with Gasteiger partial charge in [0.2, 0.25) is 0 Å². The van der Waals surface area contributed by atoms with E-state index in [0.29, 0.717) is 6.42 Å². The lowest BCUT2D eigenvalue weighted by Gasteiger charge is -2.05. The highest BCUT2D eigenvalue weighted by molar-refractivity contribution is 5.66. The van der Waals surface area contributed by atoms with Gasteiger partial charge in [-0.05, 0) is 25.3 Å². The van der Waals surface area contributed by atoms with Crippen molar-refractivity contribution in [1.82, 2.24) is 0 Å². The Morgan fingerprint density at radius 3 is 1.86 bits per heavy atom. The third-order valence-electron chi connectivity index (χ3n) is 3.16. The zero-order chi connectivity index (χ0) is 16.0. The summed E-state index contributed by atoms with van der Waals surface area (Å²) in [6.07, 6.45) is 8.05. The smallest absolute Gasteiger partial charge is 0.389 e. The maximum Gasteiger partial charge on any atom is 0.389 e. The molecule has 0 amide bonds. The van der Waals surface area contributed by atoms with Gasteiger partial charge in [0.05, 0.1) is 6.26 Å². The van der Waals surface area contributed by atoms with Gasteiger partial charge in [-0.3, -0.25) is 4.79 Å². The van der Waals surface area contributed by atoms with Crippen LogP contribution in [0.4, 0.5) is 13.2 Å². The van der Waals surface area contributed by atoms with Gasteiger partial charge in [-0.2, -0.15) is 13.2 Å². The Hall–Kier alpha value is -1.00. The Bertz CT molecular complexity index is 286. The normalized spacial score (nSPS) is 12.0. The second-order valence-electron chi connectivity index (χ2n) is 5.32. The maximum absolute atomic E-state index is 11.9. The molecule has 0 rings (SSSR count). The van der Waals surface area contributed by atoms with Gasteiger partial charge in [0.15, 0.2) is 0 Å². The summed E-state index contributed by atoms with van der Waals surface area (Å²) < 4.78 is 40.3. The molecule has 0 atom stereocenters. The summed E-state index contributed by atoms with van der Waals surface area (Å²) >= 11 is 0. The molecule has 0 aromatic rings. The molecule has 0 spiro atoms. The van der Waals surface area contributed by atoms with Gasteiger partial charge in [0.25, 0.3) is 0 Å². The number of hydrogen-bond donors (Lipinski definition) is 0. The van der Waals surface area contributed by atoms with E-state index in [2.05, 4.69) is 4.74 Å². The molecule has 0 saturated heterocycles. The van der Waals surface area contributed by atoms with E-state index in [0.717, 1.165) is 51.4 Å². The average Bonchev–Trinajstić information content (AvgIpc) is 2.37. The lowest BCUT2D eigenvalue weighted by molar-refractivity contribution is -0.136. The van der Waals surface area contributed by atoms with Crippen molar-refractivity contribution in [1.29, 1.82) is 0 Å². The standard InChI is InChI=1S/C16H27F3O2/c1-15(20)21-14-12-10-8-6-4-2-3-5-7-9-11-13-16(17,18)19/h12,14H,2-11,13H2,1H3/b14-12+. The molecule has 5 heteroatoms. The highest BCUT2D eigenvalue weighted by Gasteiger charge is 2.25. The molecular weight excluding hydrogens is 281 g/mol. The molecule has 2 nitrogen and oxygen atoms in total. The number of halogens is 3. The van der Waals surface area contributed by atoms with Crippen molar-refractivity contribution in [3.63, 3.8) is 0 Å². The van der Waals surface area contributed by atoms with Crippen molar-refractivity contribution in [2.75, 3.05) is 0 Å². The van der Waals surface area contributed by atoms with Crippen molar-refractivity contribution >= 4 is 5.97 Å². The molecular formula is C16H27F3O2. The molecule has 0 saturated carbocycles. The number of rotatable bonds is 12. The number of esters is 1. The second kappa shape index (κ2) is 12.7. The predicted molar refractivity (Wildman–Crippen MR) is 77.7 cm³/mol. The van der Waals surface area contributed by atoms with E-state index in [-0.39, 0.29) is 12.4 Å². The first-order valence-electron chi connectivity index (χ1n) is 7.81. The predicted octanol–water partition coefficient (Wildman–Crippen LogP) is 5.92. The first-order valence-corrected chi connectivity index (χ1v) is 7.81. The topological polar surface area (TPSA) is 26.3 Å². The zero-order valence-electron chi connectivity index (χ0n) is 12.9. The molecule has 0 radical (unpaired) electrons. The Labute approximate surface area is 125 Å². The van der Waals surface area contributed by atoms with Crippen LogP contribution >= 0.6 is 0 Å². The summed E-state index contributed by atoms with van der Waals surface area (Å²) in [5, 5.41) is 0. The van der Waals surface area contributed by atoms with Crippen LogP contribution in [-0.2, 0) is 9.53 Å². The number of ether oxygens (including phenoxy) is 1. The van der Waals surface area contributed by atoms with E-state index < -0.39 is 12.6 Å². The molecule has 0 heterocycles. The van der Waals surface area contributed by atoms with E-state index in [9.17, 15) is 18.0 Å². The molecule has 0 aliphatic heterocycles. The Morgan fingerprint density at radius 1 is 0.905 bits per heavy atom. The second-order valence-corrected chi connectivity index (χ2v) is 5.32. The molecule has 21 heavy (non-hydrogen) atoms. The van der Waals surface area contributed by atoms with Gasteiger partial charge in [0, 0.05) is 13.3 Å². The number of carbonyl (C=O) groups excluding carboxylic acids is 1. The van der Waals surface area contributed by atoms with Crippen molar-refractivity contribution in [2.45, 2.75) is 83.7 Å². The van der Waals surface area contributed by atoms with Crippen molar-refractivity contribution < 1.29 is 22.7 Å². The summed E-state index contributed by atoms with van der Waals surface area (Å²) in [6.45, 7) is 1.37. The van der Waals surface area contributed by atoms with E-state index in [4.69, 9.17) is 0 Å². The van der Waals surface area contributed by atoms with Crippen molar-refractivity contribution in [3.8, 4) is 0 Å². The van der Waals surface area contributed by atoms with Crippen LogP contribution in [0.1, 0.15) is 77.6 Å². The van der Waals surface area contributed by atoms with E-state index >= 15 is 0 Å². The Balaban J connectivity index is 3.12. The number of allylic oxidation sites excluding steroid dienone is 1. The van der Waals surface area contributed by atoms with Gasteiger partial charge >= 0.3 is 12.1 Å². The minimum absolute atomic E-state index is 0.262. The maximum atomic E-state index is 11.9. The summed E-state index contributed by atoms with van der Waals surface area (Å²) in [6, 6.07) is 0. The molecule has 0 aliphatic rings. The number of alkyl halides is 3. The number of unbranched alkanes of at least 4 members (excludes halogenated alkanes) is 9. The summed E-state index contributed by atoms with van der Waals surface area (Å²) in [5.41, 5.74) is 0. The largest absolute Gasteiger partial charge is 0.435 e. The first kappa shape index (κ1) is 20.0. The van der Waals surface area contributed by atoms with E-state index in [1.54, 1.807) is 0 Å². The quantitative estimate of drug-likeness (QED) is 0.254. The molecule has 0 unspecified atom stereocenters. The summed E-state index contributed by atoms with van der Waals surface area (Å²) in [4.78, 5) is 10.5. The Kier molecular flexibility index (Phi) is 12.1. The fourth-order valence-corrected chi connectivity index (χ4v) is 2.04. The number of hydrogen-bond acceptors (Lipinski definition) is 2. The monoisotopic (exact) mass is 308 g/mol. The molecule has 0 N–H and O–H groups in total. The van der Waals surface area contributed by atoms with Crippen molar-refractivity contribution in [2.24, 2.45) is 0 Å². The third-order valence-corrected chi connectivity index (χ3v) is 3.16. The SMILES string of the molecule is CC(=O)O/C=C/CCCCCCCCCCCC(F)(F)F. The van der Waals surface area contributed by atoms with Crippen LogP contribution in [-0.4, -0.2) is 12.1 Å². The summed E-state index contributed by atoms with van der Waals surface area (Å²) in [5.74, 6) is -0.304. The van der Waals surface area contributed by atoms with Gasteiger partial charge in [-0.25, -0.2) is 0 Å². The molecule has 0 aromatic carbocycles. The molecule has 0 fully saturated rings. The average molecular weight is 308 g/mol. The van der Waals surface area contributed by atoms with Crippen LogP contribution < -0.4 is 0 Å². The molecule has 0 aliphatic carbocycles. The first-order chi connectivity index (χ1) is 9.92. The minimum Gasteiger partial charge on any atom is -0.435 e. The van der Waals surface area contributed by atoms with Gasteiger partial charge in [0.1, 0.15) is 0 Å². The van der Waals surface area contributed by atoms with Crippen molar-refractivity contribution in [3.05, 3.63) is 12.3 Å². The fraction of sp³-hybridized carbons (Fsp3) is 0.812. The van der Waals surface area contributed by atoms with E-state index in [1.165, 1.54) is 13.2 Å². The lowest BCUT2D eigenvalue weighted by Crippen LogP contribution is -2.06. The highest BCUT2D eigenvalue weighted by atomic mass is 19.4. The minimum atomic E-state index is -4.00. The fourth-order valence-electron chi connectivity index (χ4n) is 2.04.